The van der Waals surface area contributed by atoms with Crippen molar-refractivity contribution >= 4 is 11.8 Å². The summed E-state index contributed by atoms with van der Waals surface area (Å²) in [5.74, 6) is 0. The Hall–Kier alpha value is -0.510. The Kier molecular flexibility index (Phi) is 10.7. The van der Waals surface area contributed by atoms with Crippen LogP contribution in [0.25, 0.3) is 0 Å². The normalized spacial score (nSPS) is 14.2. The van der Waals surface area contributed by atoms with Crippen LogP contribution in [0.4, 0.5) is 0 Å². The van der Waals surface area contributed by atoms with Gasteiger partial charge in [0, 0.05) is 16.2 Å². The van der Waals surface area contributed by atoms with Gasteiger partial charge in [-0.15, -0.1) is 11.8 Å². The van der Waals surface area contributed by atoms with Gasteiger partial charge < -0.3 is 10.4 Å². The summed E-state index contributed by atoms with van der Waals surface area (Å²) in [6.45, 7) is 9.70. The fourth-order valence-electron chi connectivity index (χ4n) is 2.65. The molecule has 0 saturated heterocycles. The first-order valence-electron chi connectivity index (χ1n) is 9.22. The van der Waals surface area contributed by atoms with E-state index < -0.39 is 6.10 Å². The second-order valence-electron chi connectivity index (χ2n) is 6.69. The molecule has 1 rings (SSSR count). The fourth-order valence-corrected chi connectivity index (χ4v) is 3.49. The lowest BCUT2D eigenvalue weighted by molar-refractivity contribution is 0.136. The molecule has 0 saturated carbocycles. The number of thioether (sulfide) groups is 1. The van der Waals surface area contributed by atoms with Gasteiger partial charge in [-0.3, -0.25) is 0 Å². The Morgan fingerprint density at radius 2 is 1.57 bits per heavy atom. The molecule has 0 bridgehead atoms. The molecule has 2 nitrogen and oxygen atoms in total. The Balaban J connectivity index is 2.28. The number of hydrogen-bond acceptors (Lipinski definition) is 3. The van der Waals surface area contributed by atoms with E-state index in [1.807, 2.05) is 11.8 Å². The maximum Gasteiger partial charge on any atom is 0.0940 e. The van der Waals surface area contributed by atoms with Gasteiger partial charge in [0.25, 0.3) is 0 Å². The molecule has 2 N–H and O–H groups in total. The third-order valence-electron chi connectivity index (χ3n) is 4.06. The number of unbranched alkanes of at least 4 members (excludes halogenated alkanes) is 5. The van der Waals surface area contributed by atoms with Gasteiger partial charge >= 0.3 is 0 Å². The van der Waals surface area contributed by atoms with Crippen LogP contribution in [-0.4, -0.2) is 22.9 Å². The minimum absolute atomic E-state index is 0.0919. The largest absolute Gasteiger partial charge is 0.387 e. The number of aliphatic hydroxyl groups is 1. The molecule has 0 aliphatic heterocycles. The van der Waals surface area contributed by atoms with Crippen molar-refractivity contribution in [2.45, 2.75) is 88.5 Å². The Morgan fingerprint density at radius 3 is 2.17 bits per heavy atom. The highest BCUT2D eigenvalue weighted by atomic mass is 32.2. The predicted octanol–water partition coefficient (Wildman–Crippen LogP) is 5.56. The zero-order valence-corrected chi connectivity index (χ0v) is 16.2. The van der Waals surface area contributed by atoms with Crippen LogP contribution in [0.3, 0.4) is 0 Å². The summed E-state index contributed by atoms with van der Waals surface area (Å²) in [5.41, 5.74) is 1.00. The van der Waals surface area contributed by atoms with E-state index in [0.717, 1.165) is 12.1 Å². The molecule has 2 atom stereocenters. The lowest BCUT2D eigenvalue weighted by Crippen LogP contribution is -2.32. The van der Waals surface area contributed by atoms with Crippen LogP contribution in [0.1, 0.15) is 77.9 Å². The summed E-state index contributed by atoms with van der Waals surface area (Å²) in [6, 6.07) is 8.43. The monoisotopic (exact) mass is 337 g/mol. The molecule has 0 aromatic heterocycles. The van der Waals surface area contributed by atoms with E-state index in [4.69, 9.17) is 0 Å². The van der Waals surface area contributed by atoms with Gasteiger partial charge in [0.15, 0.2) is 0 Å². The third-order valence-corrected chi connectivity index (χ3v) is 5.08. The first kappa shape index (κ1) is 20.5. The molecule has 0 amide bonds. The molecule has 0 aliphatic rings. The van der Waals surface area contributed by atoms with Crippen molar-refractivity contribution in [3.05, 3.63) is 29.8 Å². The summed E-state index contributed by atoms with van der Waals surface area (Å²) in [5, 5.41) is 14.5. The van der Waals surface area contributed by atoms with Crippen LogP contribution >= 0.6 is 11.8 Å². The summed E-state index contributed by atoms with van der Waals surface area (Å²) < 4.78 is 0. The number of hydrogen-bond donors (Lipinski definition) is 2. The van der Waals surface area contributed by atoms with Crippen molar-refractivity contribution in [3.8, 4) is 0 Å². The van der Waals surface area contributed by atoms with Crippen molar-refractivity contribution in [2.75, 3.05) is 6.54 Å². The molecule has 0 heterocycles. The fraction of sp³-hybridized carbons (Fsp3) is 0.700. The average molecular weight is 338 g/mol. The van der Waals surface area contributed by atoms with Crippen molar-refractivity contribution < 1.29 is 5.11 Å². The van der Waals surface area contributed by atoms with E-state index in [-0.39, 0.29) is 6.04 Å². The minimum Gasteiger partial charge on any atom is -0.387 e. The van der Waals surface area contributed by atoms with Gasteiger partial charge in [-0.2, -0.15) is 0 Å². The summed E-state index contributed by atoms with van der Waals surface area (Å²) in [4.78, 5) is 1.27. The molecule has 0 unspecified atom stereocenters. The smallest absolute Gasteiger partial charge is 0.0940 e. The van der Waals surface area contributed by atoms with Gasteiger partial charge in [-0.25, -0.2) is 0 Å². The second-order valence-corrected chi connectivity index (χ2v) is 8.34. The van der Waals surface area contributed by atoms with E-state index in [2.05, 4.69) is 57.3 Å². The summed E-state index contributed by atoms with van der Waals surface area (Å²) in [7, 11) is 0. The van der Waals surface area contributed by atoms with Crippen LogP contribution in [-0.2, 0) is 0 Å². The highest BCUT2D eigenvalue weighted by Gasteiger charge is 2.15. The van der Waals surface area contributed by atoms with E-state index in [0.29, 0.717) is 5.25 Å². The van der Waals surface area contributed by atoms with E-state index >= 15 is 0 Å². The summed E-state index contributed by atoms with van der Waals surface area (Å²) >= 11 is 1.85. The SMILES string of the molecule is CCCCCCCCN[C@@H](C)[C@H](O)c1ccc(SC(C)C)cc1. The van der Waals surface area contributed by atoms with Gasteiger partial charge in [0.05, 0.1) is 6.10 Å². The first-order valence-corrected chi connectivity index (χ1v) is 10.1. The molecule has 0 fully saturated rings. The Bertz CT molecular complexity index is 405. The minimum atomic E-state index is -0.437. The Labute approximate surface area is 147 Å². The van der Waals surface area contributed by atoms with E-state index in [1.165, 1.54) is 43.4 Å². The third kappa shape index (κ3) is 8.78. The van der Waals surface area contributed by atoms with Crippen LogP contribution < -0.4 is 5.32 Å². The molecule has 1 aromatic rings. The Morgan fingerprint density at radius 1 is 0.957 bits per heavy atom. The predicted molar refractivity (Wildman–Crippen MR) is 103 cm³/mol. The molecular formula is C20H35NOS. The number of benzene rings is 1. The van der Waals surface area contributed by atoms with Gasteiger partial charge in [-0.05, 0) is 37.6 Å². The lowest BCUT2D eigenvalue weighted by Gasteiger charge is -2.21. The van der Waals surface area contributed by atoms with Crippen molar-refractivity contribution in [3.63, 3.8) is 0 Å². The zero-order chi connectivity index (χ0) is 17.1. The summed E-state index contributed by atoms with van der Waals surface area (Å²) in [6.07, 6.45) is 7.40. The highest BCUT2D eigenvalue weighted by Crippen LogP contribution is 2.25. The van der Waals surface area contributed by atoms with Crippen LogP contribution in [0.2, 0.25) is 0 Å². The van der Waals surface area contributed by atoms with Crippen LogP contribution in [0.15, 0.2) is 29.2 Å². The van der Waals surface area contributed by atoms with Crippen molar-refractivity contribution in [1.29, 1.82) is 0 Å². The van der Waals surface area contributed by atoms with Crippen molar-refractivity contribution in [2.24, 2.45) is 0 Å². The quantitative estimate of drug-likeness (QED) is 0.387. The highest BCUT2D eigenvalue weighted by molar-refractivity contribution is 7.99. The van der Waals surface area contributed by atoms with Crippen LogP contribution in [0, 0.1) is 0 Å². The molecule has 0 radical (unpaired) electrons. The average Bonchev–Trinajstić information content (AvgIpc) is 2.53. The first-order chi connectivity index (χ1) is 11.0. The maximum atomic E-state index is 10.5. The lowest BCUT2D eigenvalue weighted by atomic mass is 10.0. The van der Waals surface area contributed by atoms with Gasteiger partial charge in [0.1, 0.15) is 0 Å². The maximum absolute atomic E-state index is 10.5. The molecule has 23 heavy (non-hydrogen) atoms. The topological polar surface area (TPSA) is 32.3 Å². The molecule has 0 spiro atoms. The van der Waals surface area contributed by atoms with Gasteiger partial charge in [-0.1, -0.05) is 65.0 Å². The van der Waals surface area contributed by atoms with Crippen molar-refractivity contribution in [1.82, 2.24) is 5.32 Å². The molecule has 1 aromatic carbocycles. The number of nitrogens with one attached hydrogen (secondary N) is 1. The molecule has 0 aliphatic carbocycles. The number of rotatable bonds is 12. The molecular weight excluding hydrogens is 302 g/mol. The van der Waals surface area contributed by atoms with Crippen LogP contribution in [0.5, 0.6) is 0 Å². The second kappa shape index (κ2) is 11.9. The molecule has 3 heteroatoms. The standard InChI is InChI=1S/C20H35NOS/c1-5-6-7-8-9-10-15-21-17(4)20(22)18-11-13-19(14-12-18)23-16(2)3/h11-14,16-17,20-22H,5-10,15H2,1-4H3/t17-,20-/m0/s1. The van der Waals surface area contributed by atoms with Gasteiger partial charge in [0.2, 0.25) is 0 Å². The number of aliphatic hydroxyl groups excluding tert-OH is 1. The molecule has 132 valence electrons. The van der Waals surface area contributed by atoms with E-state index in [1.54, 1.807) is 0 Å². The zero-order valence-electron chi connectivity index (χ0n) is 15.3. The van der Waals surface area contributed by atoms with E-state index in [9.17, 15) is 5.11 Å².